The molecule has 0 radical (unpaired) electrons. The molecule has 10 heteroatoms. The van der Waals surface area contributed by atoms with Gasteiger partial charge in [0.05, 0.1) is 22.0 Å². The van der Waals surface area contributed by atoms with Crippen LogP contribution in [-0.4, -0.2) is 9.85 Å². The van der Waals surface area contributed by atoms with E-state index in [1.165, 1.54) is 36.4 Å². The van der Waals surface area contributed by atoms with Crippen LogP contribution in [0.5, 0.6) is 0 Å². The molecule has 0 aromatic carbocycles. The van der Waals surface area contributed by atoms with Crippen molar-refractivity contribution in [3.8, 4) is 12.1 Å². The molecule has 0 amide bonds. The fourth-order valence-electron chi connectivity index (χ4n) is 1.30. The smallest absolute Gasteiger partial charge is 0.258 e. The van der Waals surface area contributed by atoms with Crippen molar-refractivity contribution in [2.24, 2.45) is 0 Å². The highest BCUT2D eigenvalue weighted by Crippen LogP contribution is 2.25. The molecule has 0 aliphatic heterocycles. The summed E-state index contributed by atoms with van der Waals surface area (Å²) < 4.78 is 0. The van der Waals surface area contributed by atoms with Gasteiger partial charge in [-0.3, -0.25) is 20.2 Å². The molecule has 8 nitrogen and oxygen atoms in total. The quantitative estimate of drug-likeness (QED) is 0.451. The van der Waals surface area contributed by atoms with Gasteiger partial charge in [-0.1, -0.05) is 22.7 Å². The number of hydrogen-bond donors (Lipinski definition) is 0. The molecular weight excluding hydrogens is 352 g/mol. The normalized spacial score (nSPS) is 9.92. The average molecular weight is 360 g/mol. The van der Waals surface area contributed by atoms with Crippen LogP contribution in [0.3, 0.4) is 0 Å². The maximum absolute atomic E-state index is 10.2. The van der Waals surface area contributed by atoms with Gasteiger partial charge in [-0.25, -0.2) is 0 Å². The van der Waals surface area contributed by atoms with Crippen molar-refractivity contribution in [2.45, 2.75) is 0 Å². The molecule has 0 spiro atoms. The minimum atomic E-state index is -0.450. The summed E-state index contributed by atoms with van der Waals surface area (Å²) in [7, 11) is 0. The summed E-state index contributed by atoms with van der Waals surface area (Å²) in [6.45, 7) is 0. The molecule has 2 heterocycles. The Morgan fingerprint density at radius 3 is 1.46 bits per heavy atom. The number of hydrogen-bond acceptors (Lipinski definition) is 8. The van der Waals surface area contributed by atoms with Crippen LogP contribution >= 0.6 is 22.7 Å². The number of allylic oxidation sites excluding steroid dienone is 2. The van der Waals surface area contributed by atoms with Crippen molar-refractivity contribution >= 4 is 44.8 Å². The Labute approximate surface area is 144 Å². The zero-order valence-corrected chi connectivity index (χ0v) is 13.5. The van der Waals surface area contributed by atoms with E-state index >= 15 is 0 Å². The first-order chi connectivity index (χ1) is 11.5. The summed E-state index contributed by atoms with van der Waals surface area (Å²) in [5.41, 5.74) is 0. The van der Waals surface area contributed by atoms with Crippen LogP contribution < -0.4 is 0 Å². The van der Waals surface area contributed by atoms with Crippen LogP contribution in [0.4, 0.5) is 10.0 Å². The lowest BCUT2D eigenvalue weighted by Gasteiger charge is -1.79. The first-order valence-electron chi connectivity index (χ1n) is 6.08. The SMILES string of the molecule is N#C/C=C/c1ccc([N+](=O)[O-])s1.N#C/C=C\c1ccc([N+](=O)[O-])s1. The highest BCUT2D eigenvalue weighted by molar-refractivity contribution is 7.16. The van der Waals surface area contributed by atoms with E-state index in [0.29, 0.717) is 9.75 Å². The molecule has 0 N–H and O–H groups in total. The number of nitrogens with zero attached hydrogens (tertiary/aromatic N) is 4. The Hall–Kier alpha value is -3.34. The van der Waals surface area contributed by atoms with Crippen molar-refractivity contribution in [3.63, 3.8) is 0 Å². The molecule has 0 fully saturated rings. The van der Waals surface area contributed by atoms with Gasteiger partial charge in [0, 0.05) is 34.0 Å². The highest BCUT2D eigenvalue weighted by Gasteiger charge is 2.07. The van der Waals surface area contributed by atoms with Gasteiger partial charge in [0.15, 0.2) is 0 Å². The van der Waals surface area contributed by atoms with E-state index in [-0.39, 0.29) is 10.0 Å². The van der Waals surface area contributed by atoms with E-state index in [4.69, 9.17) is 10.5 Å². The summed E-state index contributed by atoms with van der Waals surface area (Å²) in [6.07, 6.45) is 5.65. The van der Waals surface area contributed by atoms with Crippen molar-refractivity contribution in [1.29, 1.82) is 10.5 Å². The number of nitriles is 2. The molecule has 120 valence electrons. The Kier molecular flexibility index (Phi) is 7.51. The van der Waals surface area contributed by atoms with Crippen molar-refractivity contribution in [2.75, 3.05) is 0 Å². The number of thiophene rings is 2. The maximum atomic E-state index is 10.2. The molecule has 0 unspecified atom stereocenters. The van der Waals surface area contributed by atoms with Gasteiger partial charge in [0.2, 0.25) is 0 Å². The summed E-state index contributed by atoms with van der Waals surface area (Å²) >= 11 is 2.09. The van der Waals surface area contributed by atoms with E-state index in [2.05, 4.69) is 0 Å². The third-order valence-electron chi connectivity index (χ3n) is 2.23. The maximum Gasteiger partial charge on any atom is 0.324 e. The second-order valence-corrected chi connectivity index (χ2v) is 5.98. The van der Waals surface area contributed by atoms with Crippen LogP contribution in [-0.2, 0) is 0 Å². The molecule has 2 rings (SSSR count). The zero-order chi connectivity index (χ0) is 17.9. The first-order valence-corrected chi connectivity index (χ1v) is 7.72. The summed E-state index contributed by atoms with van der Waals surface area (Å²) in [5.74, 6) is 0. The Balaban J connectivity index is 0.000000240. The molecular formula is C14H8N4O4S2. The second kappa shape index (κ2) is 9.63. The fraction of sp³-hybridized carbons (Fsp3) is 0. The van der Waals surface area contributed by atoms with E-state index in [0.717, 1.165) is 22.7 Å². The lowest BCUT2D eigenvalue weighted by atomic mass is 10.4. The lowest BCUT2D eigenvalue weighted by Crippen LogP contribution is -1.80. The van der Waals surface area contributed by atoms with E-state index in [1.807, 2.05) is 12.1 Å². The van der Waals surface area contributed by atoms with Gasteiger partial charge in [-0.2, -0.15) is 10.5 Å². The van der Waals surface area contributed by atoms with E-state index in [1.54, 1.807) is 12.1 Å². The van der Waals surface area contributed by atoms with Gasteiger partial charge >= 0.3 is 10.0 Å². The van der Waals surface area contributed by atoms with Crippen LogP contribution in [0, 0.1) is 42.9 Å². The Morgan fingerprint density at radius 1 is 0.833 bits per heavy atom. The molecule has 0 aliphatic carbocycles. The molecule has 2 aromatic rings. The molecule has 0 bridgehead atoms. The summed E-state index contributed by atoms with van der Waals surface area (Å²) in [6, 6.07) is 9.67. The highest BCUT2D eigenvalue weighted by atomic mass is 32.1. The van der Waals surface area contributed by atoms with Crippen LogP contribution in [0.25, 0.3) is 12.2 Å². The van der Waals surface area contributed by atoms with E-state index in [9.17, 15) is 20.2 Å². The Bertz CT molecular complexity index is 796. The largest absolute Gasteiger partial charge is 0.324 e. The second-order valence-electron chi connectivity index (χ2n) is 3.79. The zero-order valence-electron chi connectivity index (χ0n) is 11.9. The van der Waals surface area contributed by atoms with Gasteiger partial charge in [-0.15, -0.1) is 0 Å². The molecule has 0 aliphatic rings. The van der Waals surface area contributed by atoms with Crippen LogP contribution in [0.15, 0.2) is 36.4 Å². The predicted molar refractivity (Wildman–Crippen MR) is 91.2 cm³/mol. The van der Waals surface area contributed by atoms with Crippen molar-refractivity contribution in [1.82, 2.24) is 0 Å². The van der Waals surface area contributed by atoms with Crippen molar-refractivity contribution in [3.05, 3.63) is 66.4 Å². The van der Waals surface area contributed by atoms with Crippen molar-refractivity contribution < 1.29 is 9.85 Å². The fourth-order valence-corrected chi connectivity index (χ4v) is 2.75. The third kappa shape index (κ3) is 6.19. The molecule has 0 atom stereocenters. The van der Waals surface area contributed by atoms with Gasteiger partial charge in [0.1, 0.15) is 0 Å². The number of rotatable bonds is 4. The first kappa shape index (κ1) is 18.7. The number of nitro groups is 2. The Morgan fingerprint density at radius 2 is 1.21 bits per heavy atom. The standard InChI is InChI=1S/2C7H4N2O2S/c2*8-5-1-2-6-3-4-7(12-6)9(10)11/h2*1-4H/b2-1+;2-1-. The molecule has 0 saturated carbocycles. The molecule has 0 saturated heterocycles. The van der Waals surface area contributed by atoms with Crippen LogP contribution in [0.1, 0.15) is 9.75 Å². The third-order valence-corrected chi connectivity index (χ3v) is 4.23. The lowest BCUT2D eigenvalue weighted by molar-refractivity contribution is -0.380. The van der Waals surface area contributed by atoms with Gasteiger partial charge in [-0.05, 0) is 24.3 Å². The van der Waals surface area contributed by atoms with Crippen LogP contribution in [0.2, 0.25) is 0 Å². The monoisotopic (exact) mass is 360 g/mol. The predicted octanol–water partition coefficient (Wildman–Crippen LogP) is 4.39. The molecule has 2 aromatic heterocycles. The minimum Gasteiger partial charge on any atom is -0.258 e. The molecule has 24 heavy (non-hydrogen) atoms. The summed E-state index contributed by atoms with van der Waals surface area (Å²) in [5, 5.41) is 37.0. The van der Waals surface area contributed by atoms with Gasteiger partial charge < -0.3 is 0 Å². The average Bonchev–Trinajstić information content (AvgIpc) is 3.21. The minimum absolute atomic E-state index is 0.0904. The van der Waals surface area contributed by atoms with Gasteiger partial charge in [0.25, 0.3) is 0 Å². The summed E-state index contributed by atoms with van der Waals surface area (Å²) in [4.78, 5) is 21.0. The topological polar surface area (TPSA) is 134 Å². The van der Waals surface area contributed by atoms with E-state index < -0.39 is 9.85 Å².